The van der Waals surface area contributed by atoms with Crippen molar-refractivity contribution in [3.8, 4) is 0 Å². The number of halogens is 3. The van der Waals surface area contributed by atoms with E-state index in [9.17, 15) is 8.78 Å². The second-order valence-corrected chi connectivity index (χ2v) is 4.91. The minimum atomic E-state index is -0.666. The van der Waals surface area contributed by atoms with Gasteiger partial charge in [-0.2, -0.15) is 0 Å². The van der Waals surface area contributed by atoms with Gasteiger partial charge in [0.15, 0.2) is 0 Å². The summed E-state index contributed by atoms with van der Waals surface area (Å²) in [5.74, 6) is 5.04. The Morgan fingerprint density at radius 2 is 2.15 bits per heavy atom. The first-order valence-electron chi connectivity index (χ1n) is 6.09. The van der Waals surface area contributed by atoms with Crippen molar-refractivity contribution in [2.24, 2.45) is 12.9 Å². The third-order valence-corrected chi connectivity index (χ3v) is 3.48. The zero-order chi connectivity index (χ0) is 14.7. The normalized spacial score (nSPS) is 12.7. The van der Waals surface area contributed by atoms with Crippen LogP contribution in [-0.4, -0.2) is 9.55 Å². The Kier molecular flexibility index (Phi) is 4.69. The highest BCUT2D eigenvalue weighted by molar-refractivity contribution is 6.30. The summed E-state index contributed by atoms with van der Waals surface area (Å²) in [6, 6.07) is 1.51. The van der Waals surface area contributed by atoms with Crippen LogP contribution < -0.4 is 11.3 Å². The van der Waals surface area contributed by atoms with E-state index in [2.05, 4.69) is 10.4 Å². The third kappa shape index (κ3) is 3.15. The summed E-state index contributed by atoms with van der Waals surface area (Å²) in [6.45, 7) is 0. The first-order valence-corrected chi connectivity index (χ1v) is 6.47. The zero-order valence-electron chi connectivity index (χ0n) is 10.9. The third-order valence-electron chi connectivity index (χ3n) is 3.19. The number of imidazole rings is 1. The van der Waals surface area contributed by atoms with Gasteiger partial charge in [0, 0.05) is 37.5 Å². The van der Waals surface area contributed by atoms with Crippen molar-refractivity contribution in [1.82, 2.24) is 15.0 Å². The number of aryl methyl sites for hydroxylation is 2. The van der Waals surface area contributed by atoms with Crippen LogP contribution in [0.3, 0.4) is 0 Å². The Labute approximate surface area is 120 Å². The van der Waals surface area contributed by atoms with E-state index < -0.39 is 17.7 Å². The van der Waals surface area contributed by atoms with Crippen molar-refractivity contribution in [2.45, 2.75) is 18.9 Å². The number of nitrogens with two attached hydrogens (primary N) is 1. The summed E-state index contributed by atoms with van der Waals surface area (Å²) >= 11 is 5.53. The molecule has 0 aliphatic carbocycles. The van der Waals surface area contributed by atoms with E-state index in [1.165, 1.54) is 0 Å². The van der Waals surface area contributed by atoms with Gasteiger partial charge in [-0.3, -0.25) is 11.3 Å². The monoisotopic (exact) mass is 300 g/mol. The molecule has 3 N–H and O–H groups in total. The van der Waals surface area contributed by atoms with Crippen LogP contribution in [0.25, 0.3) is 0 Å². The van der Waals surface area contributed by atoms with Gasteiger partial charge >= 0.3 is 0 Å². The van der Waals surface area contributed by atoms with Crippen LogP contribution in [0.4, 0.5) is 8.78 Å². The molecule has 0 saturated heterocycles. The highest BCUT2D eigenvalue weighted by atomic mass is 35.5. The average Bonchev–Trinajstić information content (AvgIpc) is 2.81. The number of rotatable bonds is 5. The lowest BCUT2D eigenvalue weighted by Gasteiger charge is -2.17. The molecule has 2 aromatic rings. The first kappa shape index (κ1) is 14.9. The standard InChI is InChI=1S/C13H15ClF2N4/c1-20-5-4-18-13(20)3-2-12(19-17)8-6-11(16)9(14)7-10(8)15/h4-7,12,19H,2-3,17H2,1H3. The molecular formula is C13H15ClF2N4. The molecular weight excluding hydrogens is 286 g/mol. The molecule has 0 aliphatic rings. The van der Waals surface area contributed by atoms with Crippen molar-refractivity contribution in [3.63, 3.8) is 0 Å². The van der Waals surface area contributed by atoms with Gasteiger partial charge in [-0.1, -0.05) is 11.6 Å². The Bertz CT molecular complexity index is 600. The van der Waals surface area contributed by atoms with Crippen LogP contribution in [-0.2, 0) is 13.5 Å². The second kappa shape index (κ2) is 6.30. The number of nitrogens with zero attached hydrogens (tertiary/aromatic N) is 2. The minimum Gasteiger partial charge on any atom is -0.338 e. The van der Waals surface area contributed by atoms with Gasteiger partial charge in [-0.05, 0) is 18.6 Å². The second-order valence-electron chi connectivity index (χ2n) is 4.50. The molecule has 1 aromatic carbocycles. The number of benzene rings is 1. The highest BCUT2D eigenvalue weighted by Gasteiger charge is 2.18. The number of aromatic nitrogens is 2. The van der Waals surface area contributed by atoms with Crippen molar-refractivity contribution in [3.05, 3.63) is 52.6 Å². The van der Waals surface area contributed by atoms with E-state index in [-0.39, 0.29) is 10.6 Å². The predicted octanol–water partition coefficient (Wildman–Crippen LogP) is 2.49. The summed E-state index contributed by atoms with van der Waals surface area (Å²) in [7, 11) is 1.87. The van der Waals surface area contributed by atoms with E-state index in [0.29, 0.717) is 12.8 Å². The molecule has 0 saturated carbocycles. The van der Waals surface area contributed by atoms with E-state index >= 15 is 0 Å². The molecule has 2 rings (SSSR count). The molecule has 0 amide bonds. The minimum absolute atomic E-state index is 0.156. The molecule has 0 bridgehead atoms. The Morgan fingerprint density at radius 3 is 2.75 bits per heavy atom. The lowest BCUT2D eigenvalue weighted by Crippen LogP contribution is -2.29. The molecule has 1 aromatic heterocycles. The molecule has 0 spiro atoms. The summed E-state index contributed by atoms with van der Waals surface area (Å²) in [5, 5.41) is -0.244. The Hall–Kier alpha value is -1.50. The van der Waals surface area contributed by atoms with Crippen LogP contribution >= 0.6 is 11.6 Å². The fourth-order valence-electron chi connectivity index (χ4n) is 2.04. The Morgan fingerprint density at radius 1 is 1.40 bits per heavy atom. The predicted molar refractivity (Wildman–Crippen MR) is 73.0 cm³/mol. The summed E-state index contributed by atoms with van der Waals surface area (Å²) in [6.07, 6.45) is 4.58. The van der Waals surface area contributed by atoms with Gasteiger partial charge in [0.1, 0.15) is 17.5 Å². The van der Waals surface area contributed by atoms with Gasteiger partial charge in [-0.15, -0.1) is 0 Å². The molecule has 0 fully saturated rings. The fraction of sp³-hybridized carbons (Fsp3) is 0.308. The molecule has 4 nitrogen and oxygen atoms in total. The lowest BCUT2D eigenvalue weighted by atomic mass is 10.0. The van der Waals surface area contributed by atoms with Crippen molar-refractivity contribution in [2.75, 3.05) is 0 Å². The molecule has 1 unspecified atom stereocenters. The average molecular weight is 301 g/mol. The van der Waals surface area contributed by atoms with Crippen LogP contribution in [0, 0.1) is 11.6 Å². The zero-order valence-corrected chi connectivity index (χ0v) is 11.7. The van der Waals surface area contributed by atoms with Crippen LogP contribution in [0.2, 0.25) is 5.02 Å². The van der Waals surface area contributed by atoms with Crippen LogP contribution in [0.15, 0.2) is 24.5 Å². The smallest absolute Gasteiger partial charge is 0.142 e. The fourth-order valence-corrected chi connectivity index (χ4v) is 2.19. The largest absolute Gasteiger partial charge is 0.338 e. The molecule has 108 valence electrons. The molecule has 1 heterocycles. The maximum Gasteiger partial charge on any atom is 0.142 e. The van der Waals surface area contributed by atoms with E-state index in [1.54, 1.807) is 6.20 Å². The number of nitrogens with one attached hydrogen (secondary N) is 1. The van der Waals surface area contributed by atoms with Crippen molar-refractivity contribution >= 4 is 11.6 Å². The topological polar surface area (TPSA) is 55.9 Å². The maximum absolute atomic E-state index is 13.8. The maximum atomic E-state index is 13.8. The number of hydrogen-bond acceptors (Lipinski definition) is 3. The molecule has 0 aliphatic heterocycles. The van der Waals surface area contributed by atoms with Crippen LogP contribution in [0.1, 0.15) is 23.9 Å². The molecule has 1 atom stereocenters. The van der Waals surface area contributed by atoms with Crippen molar-refractivity contribution in [1.29, 1.82) is 0 Å². The van der Waals surface area contributed by atoms with Crippen molar-refractivity contribution < 1.29 is 8.78 Å². The molecule has 0 radical (unpaired) electrons. The summed E-state index contributed by atoms with van der Waals surface area (Å²) in [4.78, 5) is 4.18. The van der Waals surface area contributed by atoms with Gasteiger partial charge in [0.2, 0.25) is 0 Å². The molecule has 20 heavy (non-hydrogen) atoms. The SMILES string of the molecule is Cn1ccnc1CCC(NN)c1cc(F)c(Cl)cc1F. The van der Waals surface area contributed by atoms with Crippen LogP contribution in [0.5, 0.6) is 0 Å². The summed E-state index contributed by atoms with van der Waals surface area (Å²) in [5.41, 5.74) is 2.66. The van der Waals surface area contributed by atoms with E-state index in [0.717, 1.165) is 18.0 Å². The first-order chi connectivity index (χ1) is 9.52. The Balaban J connectivity index is 2.16. The summed E-state index contributed by atoms with van der Waals surface area (Å²) < 4.78 is 29.2. The van der Waals surface area contributed by atoms with Gasteiger partial charge in [0.05, 0.1) is 5.02 Å². The lowest BCUT2D eigenvalue weighted by molar-refractivity contribution is 0.473. The van der Waals surface area contributed by atoms with E-state index in [1.807, 2.05) is 17.8 Å². The number of hydrogen-bond donors (Lipinski definition) is 2. The van der Waals surface area contributed by atoms with E-state index in [4.69, 9.17) is 17.4 Å². The van der Waals surface area contributed by atoms with Gasteiger partial charge < -0.3 is 4.57 Å². The molecule has 7 heteroatoms. The highest BCUT2D eigenvalue weighted by Crippen LogP contribution is 2.26. The number of hydrazine groups is 1. The quantitative estimate of drug-likeness (QED) is 0.507. The van der Waals surface area contributed by atoms with Gasteiger partial charge in [-0.25, -0.2) is 13.8 Å². The van der Waals surface area contributed by atoms with Gasteiger partial charge in [0.25, 0.3) is 0 Å².